The van der Waals surface area contributed by atoms with E-state index < -0.39 is 17.8 Å². The van der Waals surface area contributed by atoms with Gasteiger partial charge in [0.15, 0.2) is 11.5 Å². The molecule has 0 aliphatic carbocycles. The molecule has 7 nitrogen and oxygen atoms in total. The highest BCUT2D eigenvalue weighted by molar-refractivity contribution is 9.10. The maximum atomic E-state index is 12.9. The molecule has 0 atom stereocenters. The quantitative estimate of drug-likeness (QED) is 0.575. The maximum absolute atomic E-state index is 12.9. The number of ether oxygens (including phenoxy) is 1. The minimum atomic E-state index is -0.813. The number of methoxy groups -OCH3 is 1. The van der Waals surface area contributed by atoms with Crippen molar-refractivity contribution in [2.75, 3.05) is 12.0 Å². The van der Waals surface area contributed by atoms with E-state index in [0.29, 0.717) is 11.3 Å². The Morgan fingerprint density at radius 2 is 1.89 bits per heavy atom. The van der Waals surface area contributed by atoms with Gasteiger partial charge >= 0.3 is 6.03 Å². The second-order valence-electron chi connectivity index (χ2n) is 5.82. The van der Waals surface area contributed by atoms with Crippen LogP contribution in [0.15, 0.2) is 46.4 Å². The van der Waals surface area contributed by atoms with Crippen LogP contribution in [0.4, 0.5) is 10.5 Å². The molecule has 1 heterocycles. The Morgan fingerprint density at radius 3 is 2.56 bits per heavy atom. The average molecular weight is 431 g/mol. The van der Waals surface area contributed by atoms with Crippen LogP contribution in [0.5, 0.6) is 11.5 Å². The number of imide groups is 2. The normalized spacial score (nSPS) is 15.9. The molecule has 0 saturated carbocycles. The summed E-state index contributed by atoms with van der Waals surface area (Å²) in [7, 11) is 1.39. The zero-order valence-electron chi connectivity index (χ0n) is 14.4. The van der Waals surface area contributed by atoms with E-state index in [1.54, 1.807) is 18.2 Å². The first-order valence-electron chi connectivity index (χ1n) is 7.86. The zero-order valence-corrected chi connectivity index (χ0v) is 16.0. The first-order chi connectivity index (χ1) is 12.8. The van der Waals surface area contributed by atoms with Crippen LogP contribution in [-0.2, 0) is 9.59 Å². The lowest BCUT2D eigenvalue weighted by atomic mass is 10.1. The average Bonchev–Trinajstić information content (AvgIpc) is 2.62. The van der Waals surface area contributed by atoms with Crippen molar-refractivity contribution in [3.05, 3.63) is 57.6 Å². The van der Waals surface area contributed by atoms with Crippen molar-refractivity contribution in [3.63, 3.8) is 0 Å². The monoisotopic (exact) mass is 430 g/mol. The van der Waals surface area contributed by atoms with Gasteiger partial charge in [0.05, 0.1) is 12.8 Å². The van der Waals surface area contributed by atoms with Crippen LogP contribution in [0.1, 0.15) is 11.1 Å². The van der Waals surface area contributed by atoms with Gasteiger partial charge in [-0.3, -0.25) is 14.9 Å². The van der Waals surface area contributed by atoms with Crippen molar-refractivity contribution >= 4 is 45.5 Å². The second kappa shape index (κ2) is 7.24. The van der Waals surface area contributed by atoms with Crippen LogP contribution >= 0.6 is 15.9 Å². The molecule has 1 aliphatic rings. The summed E-state index contributed by atoms with van der Waals surface area (Å²) >= 11 is 3.37. The van der Waals surface area contributed by atoms with E-state index in [4.69, 9.17) is 4.74 Å². The molecule has 2 aromatic rings. The van der Waals surface area contributed by atoms with Crippen LogP contribution in [0.3, 0.4) is 0 Å². The van der Waals surface area contributed by atoms with Crippen molar-refractivity contribution in [2.45, 2.75) is 6.92 Å². The molecule has 0 radical (unpaired) electrons. The fourth-order valence-electron chi connectivity index (χ4n) is 2.61. The number of amides is 4. The third-order valence-corrected chi connectivity index (χ3v) is 4.91. The number of aromatic hydroxyl groups is 1. The molecule has 3 rings (SSSR count). The van der Waals surface area contributed by atoms with Crippen LogP contribution in [0, 0.1) is 6.92 Å². The highest BCUT2D eigenvalue weighted by Crippen LogP contribution is 2.29. The maximum Gasteiger partial charge on any atom is 0.335 e. The van der Waals surface area contributed by atoms with Gasteiger partial charge in [-0.1, -0.05) is 22.0 Å². The highest BCUT2D eigenvalue weighted by atomic mass is 79.9. The number of rotatable bonds is 3. The summed E-state index contributed by atoms with van der Waals surface area (Å²) in [6.07, 6.45) is 1.34. The summed E-state index contributed by atoms with van der Waals surface area (Å²) in [4.78, 5) is 38.2. The third-order valence-electron chi connectivity index (χ3n) is 4.02. The van der Waals surface area contributed by atoms with Crippen LogP contribution < -0.4 is 15.0 Å². The van der Waals surface area contributed by atoms with E-state index in [9.17, 15) is 19.5 Å². The Hall–Kier alpha value is -3.13. The van der Waals surface area contributed by atoms with Crippen molar-refractivity contribution in [3.8, 4) is 11.5 Å². The van der Waals surface area contributed by atoms with Crippen molar-refractivity contribution in [2.24, 2.45) is 0 Å². The minimum absolute atomic E-state index is 0.0683. The number of carbonyl (C=O) groups excluding carboxylic acids is 3. The Bertz CT molecular complexity index is 1000. The summed E-state index contributed by atoms with van der Waals surface area (Å²) in [6.45, 7) is 1.82. The fraction of sp³-hybridized carbons (Fsp3) is 0.105. The zero-order chi connectivity index (χ0) is 19.7. The summed E-state index contributed by atoms with van der Waals surface area (Å²) in [5, 5.41) is 11.8. The number of hydrogen-bond acceptors (Lipinski definition) is 5. The van der Waals surface area contributed by atoms with E-state index >= 15 is 0 Å². The van der Waals surface area contributed by atoms with E-state index in [1.165, 1.54) is 31.4 Å². The number of barbiturate groups is 1. The number of anilines is 1. The number of halogens is 1. The number of carbonyl (C=O) groups is 3. The van der Waals surface area contributed by atoms with Gasteiger partial charge in [0, 0.05) is 4.47 Å². The van der Waals surface area contributed by atoms with Crippen LogP contribution in [0.2, 0.25) is 0 Å². The van der Waals surface area contributed by atoms with Gasteiger partial charge in [-0.2, -0.15) is 0 Å². The molecule has 27 heavy (non-hydrogen) atoms. The summed E-state index contributed by atoms with van der Waals surface area (Å²) in [5.74, 6) is -1.40. The predicted octanol–water partition coefficient (Wildman–Crippen LogP) is 3.14. The smallest absolute Gasteiger partial charge is 0.335 e. The molecule has 0 aromatic heterocycles. The summed E-state index contributed by atoms with van der Waals surface area (Å²) in [6, 6.07) is 8.56. The Balaban J connectivity index is 2.03. The molecule has 0 bridgehead atoms. The first-order valence-corrected chi connectivity index (χ1v) is 8.65. The fourth-order valence-corrected chi connectivity index (χ4v) is 2.86. The minimum Gasteiger partial charge on any atom is -0.504 e. The lowest BCUT2D eigenvalue weighted by Crippen LogP contribution is -2.54. The molecule has 8 heteroatoms. The van der Waals surface area contributed by atoms with Crippen LogP contribution in [0.25, 0.3) is 6.08 Å². The van der Waals surface area contributed by atoms with Gasteiger partial charge in [-0.15, -0.1) is 0 Å². The van der Waals surface area contributed by atoms with Gasteiger partial charge in [0.25, 0.3) is 11.8 Å². The van der Waals surface area contributed by atoms with Gasteiger partial charge < -0.3 is 9.84 Å². The molecule has 4 amide bonds. The number of urea groups is 1. The lowest BCUT2D eigenvalue weighted by Gasteiger charge is -2.26. The molecule has 1 fully saturated rings. The number of nitrogens with one attached hydrogen (secondary N) is 1. The topological polar surface area (TPSA) is 95.9 Å². The summed E-state index contributed by atoms with van der Waals surface area (Å²) < 4.78 is 5.86. The molecular weight excluding hydrogens is 416 g/mol. The van der Waals surface area contributed by atoms with E-state index in [1.807, 2.05) is 6.92 Å². The molecule has 2 N–H and O–H groups in total. The molecule has 1 aliphatic heterocycles. The van der Waals surface area contributed by atoms with Gasteiger partial charge in [0.2, 0.25) is 0 Å². The number of aryl methyl sites for hydroxylation is 1. The number of phenols is 1. The molecule has 138 valence electrons. The second-order valence-corrected chi connectivity index (χ2v) is 6.68. The van der Waals surface area contributed by atoms with Gasteiger partial charge in [-0.05, 0) is 54.5 Å². The number of nitrogens with zero attached hydrogens (tertiary/aromatic N) is 1. The lowest BCUT2D eigenvalue weighted by molar-refractivity contribution is -0.122. The predicted molar refractivity (Wildman–Crippen MR) is 103 cm³/mol. The Kier molecular flexibility index (Phi) is 5.00. The Morgan fingerprint density at radius 1 is 1.15 bits per heavy atom. The number of hydrogen-bond donors (Lipinski definition) is 2. The highest BCUT2D eigenvalue weighted by Gasteiger charge is 2.36. The van der Waals surface area contributed by atoms with Crippen LogP contribution in [-0.4, -0.2) is 30.1 Å². The SMILES string of the molecule is COc1cc(/C=C2\C(=O)NC(=O)N(c3ccc(Br)c(C)c3)C2=O)ccc1O. The largest absolute Gasteiger partial charge is 0.504 e. The summed E-state index contributed by atoms with van der Waals surface area (Å²) in [5.41, 5.74) is 1.44. The molecular formula is C19H15BrN2O5. The third kappa shape index (κ3) is 3.56. The van der Waals surface area contributed by atoms with E-state index in [2.05, 4.69) is 21.2 Å². The van der Waals surface area contributed by atoms with E-state index in [0.717, 1.165) is 14.9 Å². The molecule has 0 spiro atoms. The van der Waals surface area contributed by atoms with Gasteiger partial charge in [-0.25, -0.2) is 9.69 Å². The van der Waals surface area contributed by atoms with E-state index in [-0.39, 0.29) is 17.1 Å². The van der Waals surface area contributed by atoms with Crippen molar-refractivity contribution in [1.82, 2.24) is 5.32 Å². The van der Waals surface area contributed by atoms with Crippen molar-refractivity contribution < 1.29 is 24.2 Å². The number of benzene rings is 2. The number of phenolic OH excluding ortho intramolecular Hbond substituents is 1. The molecule has 2 aromatic carbocycles. The molecule has 0 unspecified atom stereocenters. The molecule has 1 saturated heterocycles. The first kappa shape index (κ1) is 18.7. The Labute approximate surface area is 163 Å². The standard InChI is InChI=1S/C19H15BrN2O5/c1-10-7-12(4-5-14(10)20)22-18(25)13(17(24)21-19(22)26)8-11-3-6-15(23)16(9-11)27-2/h3-9,23H,1-2H3,(H,21,24,26)/b13-8+. The van der Waals surface area contributed by atoms with Gasteiger partial charge in [0.1, 0.15) is 5.57 Å². The van der Waals surface area contributed by atoms with Crippen molar-refractivity contribution in [1.29, 1.82) is 0 Å².